The predicted molar refractivity (Wildman–Crippen MR) is 76.5 cm³/mol. The Balaban J connectivity index is 0.000000224. The Bertz CT molecular complexity index is 299. The zero-order valence-corrected chi connectivity index (χ0v) is 12.8. The fourth-order valence-electron chi connectivity index (χ4n) is 3.54. The summed E-state index contributed by atoms with van der Waals surface area (Å²) in [6.07, 6.45) is 3.06. The topological polar surface area (TPSA) is 80.9 Å². The zero-order valence-electron chi connectivity index (χ0n) is 12.8. The van der Waals surface area contributed by atoms with Gasteiger partial charge < -0.3 is 20.3 Å². The summed E-state index contributed by atoms with van der Waals surface area (Å²) in [6.45, 7) is 9.78. The molecule has 112 valence electrons. The molecule has 0 spiro atoms. The van der Waals surface area contributed by atoms with Crippen LogP contribution in [0.4, 0.5) is 0 Å². The lowest BCUT2D eigenvalue weighted by atomic mass is 9.41. The van der Waals surface area contributed by atoms with Crippen LogP contribution in [0.2, 0.25) is 6.32 Å². The highest BCUT2D eigenvalue weighted by Gasteiger charge is 2.69. The van der Waals surface area contributed by atoms with E-state index in [2.05, 4.69) is 13.8 Å². The molecule has 3 saturated carbocycles. The Hall–Kier alpha value is -0.0951. The van der Waals surface area contributed by atoms with Gasteiger partial charge in [-0.2, -0.15) is 0 Å². The molecule has 3 fully saturated rings. The van der Waals surface area contributed by atoms with Crippen molar-refractivity contribution in [3.05, 3.63) is 0 Å². The molecule has 3 aliphatic carbocycles. The molecule has 4 nitrogen and oxygen atoms in total. The molecular formula is C14H29BO4. The van der Waals surface area contributed by atoms with Crippen LogP contribution in [-0.2, 0) is 0 Å². The van der Waals surface area contributed by atoms with Gasteiger partial charge in [0.05, 0.1) is 11.2 Å². The molecular weight excluding hydrogens is 243 g/mol. The zero-order chi connectivity index (χ0) is 15.1. The van der Waals surface area contributed by atoms with Gasteiger partial charge in [0.25, 0.3) is 0 Å². The van der Waals surface area contributed by atoms with Gasteiger partial charge >= 0.3 is 7.12 Å². The van der Waals surface area contributed by atoms with Crippen LogP contribution in [0, 0.1) is 17.3 Å². The van der Waals surface area contributed by atoms with Crippen LogP contribution in [-0.4, -0.2) is 38.6 Å². The maximum atomic E-state index is 10.2. The van der Waals surface area contributed by atoms with E-state index < -0.39 is 18.3 Å². The second kappa shape index (κ2) is 5.36. The number of hydrogen-bond donors (Lipinski definition) is 4. The lowest BCUT2D eigenvalue weighted by Gasteiger charge is -2.68. The van der Waals surface area contributed by atoms with E-state index in [0.717, 1.165) is 19.3 Å². The third-order valence-electron chi connectivity index (χ3n) is 5.18. The highest BCUT2D eigenvalue weighted by Crippen LogP contribution is 2.65. The van der Waals surface area contributed by atoms with Gasteiger partial charge in [-0.15, -0.1) is 0 Å². The number of hydrogen-bond acceptors (Lipinski definition) is 4. The summed E-state index contributed by atoms with van der Waals surface area (Å²) in [7, 11) is -1.13. The smallest absolute Gasteiger partial charge is 0.427 e. The van der Waals surface area contributed by atoms with Crippen molar-refractivity contribution < 1.29 is 20.3 Å². The highest BCUT2D eigenvalue weighted by atomic mass is 16.4. The second-order valence-corrected chi connectivity index (χ2v) is 7.41. The van der Waals surface area contributed by atoms with Crippen molar-refractivity contribution in [2.24, 2.45) is 17.3 Å². The predicted octanol–water partition coefficient (Wildman–Crippen LogP) is 1.42. The molecule has 0 radical (unpaired) electrons. The minimum atomic E-state index is -1.13. The highest BCUT2D eigenvalue weighted by molar-refractivity contribution is 6.41. The summed E-state index contributed by atoms with van der Waals surface area (Å²) >= 11 is 0. The van der Waals surface area contributed by atoms with E-state index in [0.29, 0.717) is 18.2 Å². The van der Waals surface area contributed by atoms with Crippen LogP contribution in [0.5, 0.6) is 0 Å². The molecule has 3 unspecified atom stereocenters. The number of aliphatic hydroxyl groups is 2. The number of fused-ring (bicyclic) bond motifs is 2. The summed E-state index contributed by atoms with van der Waals surface area (Å²) in [6, 6.07) is 0. The first-order chi connectivity index (χ1) is 8.44. The molecule has 0 aliphatic heterocycles. The Kier molecular flexibility index (Phi) is 4.78. The first-order valence-electron chi connectivity index (χ1n) is 7.25. The number of rotatable bonds is 2. The fourth-order valence-corrected chi connectivity index (χ4v) is 3.54. The van der Waals surface area contributed by atoms with E-state index in [1.165, 1.54) is 0 Å². The standard InChI is InChI=1S/C10H18O2.C4H11BO2/c1-8(2)7-4-5-9(3,11)10(8,12)6-7;1-4(2)3-5(6)7/h7,11-12H,4-6H2,1-3H3;4,6-7H,3H2,1-2H3. The summed E-state index contributed by atoms with van der Waals surface area (Å²) in [5.41, 5.74) is -1.79. The van der Waals surface area contributed by atoms with Crippen LogP contribution < -0.4 is 0 Å². The van der Waals surface area contributed by atoms with Crippen molar-refractivity contribution in [2.75, 3.05) is 0 Å². The maximum absolute atomic E-state index is 10.2. The van der Waals surface area contributed by atoms with Gasteiger partial charge in [-0.3, -0.25) is 0 Å². The van der Waals surface area contributed by atoms with Crippen LogP contribution in [0.15, 0.2) is 0 Å². The molecule has 0 aromatic heterocycles. The average Bonchev–Trinajstić information content (AvgIpc) is 2.20. The Morgan fingerprint density at radius 3 is 1.89 bits per heavy atom. The Labute approximate surface area is 117 Å². The van der Waals surface area contributed by atoms with Gasteiger partial charge in [0.15, 0.2) is 0 Å². The van der Waals surface area contributed by atoms with E-state index in [1.807, 2.05) is 13.8 Å². The van der Waals surface area contributed by atoms with Gasteiger partial charge in [-0.05, 0) is 49.8 Å². The minimum Gasteiger partial charge on any atom is -0.427 e. The molecule has 3 aliphatic rings. The molecule has 3 rings (SSSR count). The molecule has 0 aromatic carbocycles. The summed E-state index contributed by atoms with van der Waals surface area (Å²) < 4.78 is 0. The van der Waals surface area contributed by atoms with Gasteiger partial charge in [0, 0.05) is 0 Å². The quantitative estimate of drug-likeness (QED) is 0.573. The van der Waals surface area contributed by atoms with Gasteiger partial charge in [-0.1, -0.05) is 27.7 Å². The first kappa shape index (κ1) is 17.0. The third-order valence-corrected chi connectivity index (χ3v) is 5.18. The van der Waals surface area contributed by atoms with Gasteiger partial charge in [0.2, 0.25) is 0 Å². The van der Waals surface area contributed by atoms with Crippen LogP contribution in [0.1, 0.15) is 53.9 Å². The SMILES string of the molecule is CC(C)CB(O)O.CC1(O)CCC2CC1(O)C2(C)C. The van der Waals surface area contributed by atoms with Crippen molar-refractivity contribution in [3.63, 3.8) is 0 Å². The molecule has 5 heteroatoms. The normalized spacial score (nSPS) is 39.2. The largest absolute Gasteiger partial charge is 0.451 e. The lowest BCUT2D eigenvalue weighted by molar-refractivity contribution is -0.312. The molecule has 0 amide bonds. The van der Waals surface area contributed by atoms with E-state index in [1.54, 1.807) is 6.92 Å². The molecule has 2 bridgehead atoms. The van der Waals surface area contributed by atoms with Crippen LogP contribution in [0.3, 0.4) is 0 Å². The van der Waals surface area contributed by atoms with Crippen molar-refractivity contribution in [3.8, 4) is 0 Å². The Morgan fingerprint density at radius 2 is 1.68 bits per heavy atom. The van der Waals surface area contributed by atoms with Crippen molar-refractivity contribution >= 4 is 7.12 Å². The molecule has 3 atom stereocenters. The average molecular weight is 272 g/mol. The fraction of sp³-hybridized carbons (Fsp3) is 1.00. The third kappa shape index (κ3) is 2.99. The molecule has 0 heterocycles. The van der Waals surface area contributed by atoms with Crippen molar-refractivity contribution in [1.82, 2.24) is 0 Å². The summed E-state index contributed by atoms with van der Waals surface area (Å²) in [5, 5.41) is 36.8. The van der Waals surface area contributed by atoms with Crippen LogP contribution >= 0.6 is 0 Å². The van der Waals surface area contributed by atoms with E-state index in [-0.39, 0.29) is 5.41 Å². The monoisotopic (exact) mass is 272 g/mol. The van der Waals surface area contributed by atoms with Crippen molar-refractivity contribution in [2.45, 2.75) is 71.4 Å². The van der Waals surface area contributed by atoms with Gasteiger partial charge in [0.1, 0.15) is 0 Å². The summed E-state index contributed by atoms with van der Waals surface area (Å²) in [5.74, 6) is 0.989. The maximum Gasteiger partial charge on any atom is 0.451 e. The van der Waals surface area contributed by atoms with E-state index in [9.17, 15) is 10.2 Å². The van der Waals surface area contributed by atoms with E-state index >= 15 is 0 Å². The minimum absolute atomic E-state index is 0.0885. The molecule has 0 saturated heterocycles. The molecule has 0 aromatic rings. The molecule has 4 N–H and O–H groups in total. The van der Waals surface area contributed by atoms with E-state index in [4.69, 9.17) is 10.0 Å². The van der Waals surface area contributed by atoms with Gasteiger partial charge in [-0.25, -0.2) is 0 Å². The van der Waals surface area contributed by atoms with Crippen molar-refractivity contribution in [1.29, 1.82) is 0 Å². The molecule has 19 heavy (non-hydrogen) atoms. The summed E-state index contributed by atoms with van der Waals surface area (Å²) in [4.78, 5) is 0. The van der Waals surface area contributed by atoms with Crippen LogP contribution in [0.25, 0.3) is 0 Å². The lowest BCUT2D eigenvalue weighted by Crippen LogP contribution is -2.74. The first-order valence-corrected chi connectivity index (χ1v) is 7.25. The second-order valence-electron chi connectivity index (χ2n) is 7.41. The Morgan fingerprint density at radius 1 is 1.16 bits per heavy atom.